The van der Waals surface area contributed by atoms with Crippen LogP contribution < -0.4 is 0 Å². The number of carbonyl (C=O) groups is 4. The summed E-state index contributed by atoms with van der Waals surface area (Å²) in [5.74, 6) is -3.70. The van der Waals surface area contributed by atoms with Gasteiger partial charge in [0, 0.05) is 0 Å². The van der Waals surface area contributed by atoms with Crippen LogP contribution in [0.1, 0.15) is 0 Å². The smallest absolute Gasteiger partial charge is 0.345 e. The molecule has 0 rings (SSSR count). The molecule has 12 nitrogen and oxygen atoms in total. The van der Waals surface area contributed by atoms with E-state index in [1.165, 1.54) is 0 Å². The van der Waals surface area contributed by atoms with E-state index >= 15 is 0 Å². The van der Waals surface area contributed by atoms with Crippen molar-refractivity contribution in [3.8, 4) is 0 Å². The van der Waals surface area contributed by atoms with Crippen molar-refractivity contribution in [2.24, 2.45) is 0 Å². The zero-order valence-electron chi connectivity index (χ0n) is 17.2. The van der Waals surface area contributed by atoms with E-state index in [1.54, 1.807) is 0 Å². The van der Waals surface area contributed by atoms with Gasteiger partial charge in [-0.1, -0.05) is 0 Å². The Labute approximate surface area is 172 Å². The highest BCUT2D eigenvalue weighted by atomic mass is 16.6. The van der Waals surface area contributed by atoms with Crippen LogP contribution in [0.5, 0.6) is 0 Å². The van der Waals surface area contributed by atoms with E-state index in [1.807, 2.05) is 0 Å². The number of carbonyl (C=O) groups excluding carboxylic acids is 4. The molecule has 0 unspecified atom stereocenters. The van der Waals surface area contributed by atoms with Crippen molar-refractivity contribution in [2.75, 3.05) is 61.5 Å². The minimum atomic E-state index is -1.84. The molecule has 0 atom stereocenters. The number of rotatable bonds is 13. The Hall–Kier alpha value is -2.80. The Morgan fingerprint density at radius 3 is 1.23 bits per heavy atom. The van der Waals surface area contributed by atoms with Gasteiger partial charge in [0.15, 0.2) is 0 Å². The van der Waals surface area contributed by atoms with Crippen LogP contribution in [0.15, 0.2) is 23.3 Å². The van der Waals surface area contributed by atoms with E-state index in [-0.39, 0.29) is 13.2 Å². The van der Waals surface area contributed by atoms with Gasteiger partial charge in [-0.3, -0.25) is 0 Å². The van der Waals surface area contributed by atoms with Crippen LogP contribution in [-0.4, -0.2) is 101 Å². The number of hydrogen-bond acceptors (Lipinski definition) is 12. The van der Waals surface area contributed by atoms with Crippen molar-refractivity contribution in [1.29, 1.82) is 0 Å². The number of methoxy groups -OCH3 is 4. The molecule has 0 aliphatic heterocycles. The van der Waals surface area contributed by atoms with E-state index in [9.17, 15) is 29.4 Å². The molecule has 0 amide bonds. The highest BCUT2D eigenvalue weighted by molar-refractivity contribution is 6.14. The normalized spacial score (nSPS) is 10.5. The van der Waals surface area contributed by atoms with Gasteiger partial charge in [0.1, 0.15) is 16.7 Å². The number of aliphatic hydroxyl groups is 2. The number of hydrogen-bond donors (Lipinski definition) is 2. The van der Waals surface area contributed by atoms with Crippen molar-refractivity contribution < 1.29 is 57.8 Å². The molecule has 30 heavy (non-hydrogen) atoms. The molecule has 0 aromatic carbocycles. The first-order valence-corrected chi connectivity index (χ1v) is 8.42. The molecular weight excluding hydrogens is 408 g/mol. The molecule has 0 saturated carbocycles. The second-order valence-electron chi connectivity index (χ2n) is 5.61. The van der Waals surface area contributed by atoms with E-state index in [0.717, 1.165) is 40.6 Å². The third-order valence-corrected chi connectivity index (χ3v) is 3.47. The van der Waals surface area contributed by atoms with Gasteiger partial charge >= 0.3 is 23.9 Å². The van der Waals surface area contributed by atoms with Crippen LogP contribution in [0.2, 0.25) is 0 Å². The average molecular weight is 434 g/mol. The predicted molar refractivity (Wildman–Crippen MR) is 97.9 cm³/mol. The summed E-state index contributed by atoms with van der Waals surface area (Å²) in [6, 6.07) is 0. The lowest BCUT2D eigenvalue weighted by atomic mass is 10.1. The lowest BCUT2D eigenvalue weighted by Gasteiger charge is -2.25. The van der Waals surface area contributed by atoms with Gasteiger partial charge in [-0.15, -0.1) is 0 Å². The third kappa shape index (κ3) is 9.13. The fraction of sp³-hybridized carbons (Fsp3) is 0.556. The van der Waals surface area contributed by atoms with E-state index in [0.29, 0.717) is 0 Å². The van der Waals surface area contributed by atoms with Gasteiger partial charge in [0.25, 0.3) is 0 Å². The highest BCUT2D eigenvalue weighted by Crippen LogP contribution is 2.08. The topological polar surface area (TPSA) is 164 Å². The fourth-order valence-electron chi connectivity index (χ4n) is 1.86. The van der Waals surface area contributed by atoms with Crippen molar-refractivity contribution in [2.45, 2.75) is 5.60 Å². The van der Waals surface area contributed by atoms with Crippen LogP contribution in [0, 0.1) is 0 Å². The lowest BCUT2D eigenvalue weighted by molar-refractivity contribution is -0.145. The molecule has 0 radical (unpaired) electrons. The summed E-state index contributed by atoms with van der Waals surface area (Å²) in [6.07, 6.45) is 2.19. The molecule has 2 N–H and O–H groups in total. The van der Waals surface area contributed by atoms with Crippen LogP contribution >= 0.6 is 0 Å². The number of ether oxygens (including phenoxy) is 6. The van der Waals surface area contributed by atoms with E-state index < -0.39 is 60.4 Å². The molecule has 0 saturated heterocycles. The average Bonchev–Trinajstić information content (AvgIpc) is 2.77. The maximum atomic E-state index is 11.5. The Morgan fingerprint density at radius 1 is 0.700 bits per heavy atom. The summed E-state index contributed by atoms with van der Waals surface area (Å²) in [4.78, 5) is 46.0. The van der Waals surface area contributed by atoms with Crippen LogP contribution in [0.25, 0.3) is 0 Å². The predicted octanol–water partition coefficient (Wildman–Crippen LogP) is -1.71. The van der Waals surface area contributed by atoms with Crippen LogP contribution in [-0.2, 0) is 47.6 Å². The zero-order valence-corrected chi connectivity index (χ0v) is 17.2. The van der Waals surface area contributed by atoms with Crippen molar-refractivity contribution in [3.63, 3.8) is 0 Å². The van der Waals surface area contributed by atoms with Crippen molar-refractivity contribution in [1.82, 2.24) is 0 Å². The molecule has 0 bridgehead atoms. The van der Waals surface area contributed by atoms with Gasteiger partial charge in [-0.2, -0.15) is 0 Å². The van der Waals surface area contributed by atoms with E-state index in [4.69, 9.17) is 9.47 Å². The minimum Gasteiger partial charge on any atom is -0.465 e. The number of esters is 4. The molecule has 0 aromatic heterocycles. The fourth-order valence-corrected chi connectivity index (χ4v) is 1.86. The SMILES string of the molecule is COC(=O)C(=CCOCC(O)(CO)COCC=C(C(=O)OC)C(=O)OC)C(=O)OC. The molecule has 0 aromatic rings. The first-order chi connectivity index (χ1) is 14.2. The lowest BCUT2D eigenvalue weighted by Crippen LogP contribution is -2.43. The Kier molecular flexibility index (Phi) is 12.9. The molecule has 0 aliphatic rings. The summed E-state index contributed by atoms with van der Waals surface area (Å²) in [7, 11) is 4.34. The quantitative estimate of drug-likeness (QED) is 0.0843. The summed E-state index contributed by atoms with van der Waals surface area (Å²) >= 11 is 0. The second kappa shape index (κ2) is 14.2. The molecule has 0 spiro atoms. The maximum Gasteiger partial charge on any atom is 0.345 e. The second-order valence-corrected chi connectivity index (χ2v) is 5.61. The first-order valence-electron chi connectivity index (χ1n) is 8.42. The van der Waals surface area contributed by atoms with Gasteiger partial charge in [-0.25, -0.2) is 19.2 Å². The first kappa shape index (κ1) is 27.2. The summed E-state index contributed by atoms with van der Waals surface area (Å²) < 4.78 is 28.1. The van der Waals surface area contributed by atoms with Gasteiger partial charge in [0.05, 0.1) is 61.5 Å². The minimum absolute atomic E-state index is 0.281. The van der Waals surface area contributed by atoms with Gasteiger partial charge < -0.3 is 38.6 Å². The Morgan fingerprint density at radius 2 is 1.00 bits per heavy atom. The summed E-state index contributed by atoms with van der Waals surface area (Å²) in [5, 5.41) is 19.6. The molecule has 0 heterocycles. The largest absolute Gasteiger partial charge is 0.465 e. The molecule has 12 heteroatoms. The summed E-state index contributed by atoms with van der Waals surface area (Å²) in [5.41, 5.74) is -2.63. The van der Waals surface area contributed by atoms with Gasteiger partial charge in [-0.05, 0) is 12.2 Å². The van der Waals surface area contributed by atoms with Gasteiger partial charge in [0.2, 0.25) is 0 Å². The summed E-state index contributed by atoms with van der Waals surface area (Å²) in [6.45, 7) is -2.17. The van der Waals surface area contributed by atoms with Crippen LogP contribution in [0.3, 0.4) is 0 Å². The van der Waals surface area contributed by atoms with E-state index in [2.05, 4.69) is 18.9 Å². The van der Waals surface area contributed by atoms with Crippen molar-refractivity contribution in [3.05, 3.63) is 23.3 Å². The molecule has 0 aliphatic carbocycles. The third-order valence-electron chi connectivity index (χ3n) is 3.47. The standard InChI is InChI=1S/C18H26O12/c1-25-14(20)12(15(21)26-2)5-7-29-10-18(24,9-19)11-30-8-6-13(16(22)27-3)17(23)28-4/h5-6,19,24H,7-11H2,1-4H3. The maximum absolute atomic E-state index is 11.5. The monoisotopic (exact) mass is 434 g/mol. The number of aliphatic hydroxyl groups excluding tert-OH is 1. The molecule has 0 fully saturated rings. The Bertz CT molecular complexity index is 576. The van der Waals surface area contributed by atoms with Crippen LogP contribution in [0.4, 0.5) is 0 Å². The Balaban J connectivity index is 4.80. The highest BCUT2D eigenvalue weighted by Gasteiger charge is 2.27. The molecule has 170 valence electrons. The zero-order chi connectivity index (χ0) is 23.2. The van der Waals surface area contributed by atoms with Crippen molar-refractivity contribution >= 4 is 23.9 Å². The molecular formula is C18H26O12.